The number of unbranched alkanes of at least 4 members (excludes halogenated alkanes) is 1. The molecule has 0 aromatic heterocycles. The van der Waals surface area contributed by atoms with Crippen LogP contribution in [0.1, 0.15) is 37.8 Å². The highest BCUT2D eigenvalue weighted by molar-refractivity contribution is 7.53. The van der Waals surface area contributed by atoms with E-state index in [1.165, 1.54) is 5.56 Å². The first-order valence-electron chi connectivity index (χ1n) is 7.23. The van der Waals surface area contributed by atoms with Crippen molar-refractivity contribution in [3.63, 3.8) is 0 Å². The van der Waals surface area contributed by atoms with Crippen molar-refractivity contribution in [1.29, 1.82) is 0 Å². The van der Waals surface area contributed by atoms with Crippen LogP contribution in [0, 0.1) is 0 Å². The molecule has 0 saturated carbocycles. The molecule has 20 heavy (non-hydrogen) atoms. The Balaban J connectivity index is 2.35. The Labute approximate surface area is 122 Å². The maximum absolute atomic E-state index is 12.3. The minimum atomic E-state index is -2.87. The molecule has 0 N–H and O–H groups in total. The van der Waals surface area contributed by atoms with Crippen molar-refractivity contribution >= 4 is 13.7 Å². The van der Waals surface area contributed by atoms with Crippen LogP contribution in [0.2, 0.25) is 0 Å². The van der Waals surface area contributed by atoms with E-state index in [1.807, 2.05) is 19.9 Å². The fourth-order valence-corrected chi connectivity index (χ4v) is 3.75. The summed E-state index contributed by atoms with van der Waals surface area (Å²) in [5.41, 5.74) is 2.42. The van der Waals surface area contributed by atoms with Crippen molar-refractivity contribution < 1.29 is 13.6 Å². The van der Waals surface area contributed by atoms with Crippen molar-refractivity contribution in [3.05, 3.63) is 42.0 Å². The molecule has 0 bridgehead atoms. The minimum Gasteiger partial charge on any atom is -0.309 e. The van der Waals surface area contributed by atoms with E-state index in [-0.39, 0.29) is 0 Å². The van der Waals surface area contributed by atoms with Gasteiger partial charge in [0.15, 0.2) is 0 Å². The smallest absolute Gasteiger partial charge is 0.309 e. The molecular weight excluding hydrogens is 271 g/mol. The van der Waals surface area contributed by atoms with Gasteiger partial charge in [0, 0.05) is 0 Å². The van der Waals surface area contributed by atoms with Gasteiger partial charge in [-0.15, -0.1) is 0 Å². The second-order valence-electron chi connectivity index (χ2n) is 4.57. The summed E-state index contributed by atoms with van der Waals surface area (Å²) in [6.07, 6.45) is 5.15. The normalized spacial score (nSPS) is 11.5. The molecule has 0 amide bonds. The molecule has 0 aliphatic heterocycles. The van der Waals surface area contributed by atoms with Crippen LogP contribution in [-0.4, -0.2) is 19.4 Å². The maximum atomic E-state index is 12.3. The zero-order valence-electron chi connectivity index (χ0n) is 12.5. The van der Waals surface area contributed by atoms with E-state index < -0.39 is 7.60 Å². The van der Waals surface area contributed by atoms with Crippen LogP contribution in [0.4, 0.5) is 0 Å². The fraction of sp³-hybridized carbons (Fsp3) is 0.500. The first-order chi connectivity index (χ1) is 9.63. The molecule has 0 spiro atoms. The SMILES string of the molecule is C=Cc1ccc(CCCCP(=O)(OCC)OCC)cc1. The maximum Gasteiger partial charge on any atom is 0.330 e. The summed E-state index contributed by atoms with van der Waals surface area (Å²) in [5, 5.41) is 0. The quantitative estimate of drug-likeness (QED) is 0.454. The van der Waals surface area contributed by atoms with Crippen molar-refractivity contribution in [1.82, 2.24) is 0 Å². The molecule has 0 fully saturated rings. The topological polar surface area (TPSA) is 35.5 Å². The van der Waals surface area contributed by atoms with Gasteiger partial charge in [-0.3, -0.25) is 4.57 Å². The number of aryl methyl sites for hydroxylation is 1. The Bertz CT molecular complexity index is 430. The first kappa shape index (κ1) is 17.2. The molecule has 0 saturated heterocycles. The Morgan fingerprint density at radius 2 is 1.70 bits per heavy atom. The molecule has 0 radical (unpaired) electrons. The lowest BCUT2D eigenvalue weighted by molar-refractivity contribution is 0.219. The molecule has 0 atom stereocenters. The summed E-state index contributed by atoms with van der Waals surface area (Å²) in [6.45, 7) is 8.28. The summed E-state index contributed by atoms with van der Waals surface area (Å²) in [7, 11) is -2.87. The third-order valence-electron chi connectivity index (χ3n) is 3.01. The van der Waals surface area contributed by atoms with E-state index in [9.17, 15) is 4.57 Å². The number of benzene rings is 1. The number of hydrogen-bond acceptors (Lipinski definition) is 3. The van der Waals surface area contributed by atoms with Crippen LogP contribution in [0.15, 0.2) is 30.8 Å². The second kappa shape index (κ2) is 9.12. The third-order valence-corrected chi connectivity index (χ3v) is 5.18. The molecule has 4 heteroatoms. The summed E-state index contributed by atoms with van der Waals surface area (Å²) < 4.78 is 22.8. The van der Waals surface area contributed by atoms with Crippen LogP contribution in [0.5, 0.6) is 0 Å². The number of hydrogen-bond donors (Lipinski definition) is 0. The van der Waals surface area contributed by atoms with Gasteiger partial charge in [-0.05, 0) is 44.2 Å². The Hall–Kier alpha value is -0.890. The lowest BCUT2D eigenvalue weighted by atomic mass is 10.1. The average molecular weight is 296 g/mol. The summed E-state index contributed by atoms with van der Waals surface area (Å²) in [5.74, 6) is 0. The summed E-state index contributed by atoms with van der Waals surface area (Å²) in [6, 6.07) is 8.35. The van der Waals surface area contributed by atoms with Gasteiger partial charge in [0.05, 0.1) is 19.4 Å². The monoisotopic (exact) mass is 296 g/mol. The van der Waals surface area contributed by atoms with Gasteiger partial charge < -0.3 is 9.05 Å². The van der Waals surface area contributed by atoms with E-state index in [0.29, 0.717) is 19.4 Å². The van der Waals surface area contributed by atoms with Gasteiger partial charge in [0.1, 0.15) is 0 Å². The molecule has 0 heterocycles. The highest BCUT2D eigenvalue weighted by Crippen LogP contribution is 2.48. The van der Waals surface area contributed by atoms with Gasteiger partial charge in [-0.25, -0.2) is 0 Å². The molecular formula is C16H25O3P. The van der Waals surface area contributed by atoms with Crippen molar-refractivity contribution in [2.24, 2.45) is 0 Å². The zero-order chi connectivity index (χ0) is 14.8. The Morgan fingerprint density at radius 1 is 1.10 bits per heavy atom. The highest BCUT2D eigenvalue weighted by atomic mass is 31.2. The van der Waals surface area contributed by atoms with Gasteiger partial charge in [-0.1, -0.05) is 36.9 Å². The van der Waals surface area contributed by atoms with Crippen LogP contribution >= 0.6 is 7.60 Å². The molecule has 0 unspecified atom stereocenters. The first-order valence-corrected chi connectivity index (χ1v) is 8.96. The van der Waals surface area contributed by atoms with Crippen LogP contribution < -0.4 is 0 Å². The van der Waals surface area contributed by atoms with Gasteiger partial charge >= 0.3 is 7.60 Å². The standard InChI is InChI=1S/C16H25O3P/c1-4-15-10-12-16(13-11-15)9-7-8-14-20(17,18-5-2)19-6-3/h4,10-13H,1,5-9,14H2,2-3H3. The molecule has 1 rings (SSSR count). The van der Waals surface area contributed by atoms with E-state index in [0.717, 1.165) is 24.8 Å². The molecule has 112 valence electrons. The molecule has 0 aliphatic carbocycles. The lowest BCUT2D eigenvalue weighted by Crippen LogP contribution is -2.00. The van der Waals surface area contributed by atoms with Crippen molar-refractivity contribution in [2.45, 2.75) is 33.1 Å². The largest absolute Gasteiger partial charge is 0.330 e. The molecule has 1 aromatic carbocycles. The van der Waals surface area contributed by atoms with Gasteiger partial charge in [-0.2, -0.15) is 0 Å². The predicted octanol–water partition coefficient (Wildman–Crippen LogP) is 4.92. The summed E-state index contributed by atoms with van der Waals surface area (Å²) in [4.78, 5) is 0. The Morgan fingerprint density at radius 3 is 2.20 bits per heavy atom. The van der Waals surface area contributed by atoms with E-state index in [2.05, 4.69) is 30.8 Å². The van der Waals surface area contributed by atoms with E-state index >= 15 is 0 Å². The van der Waals surface area contributed by atoms with Crippen LogP contribution in [0.3, 0.4) is 0 Å². The van der Waals surface area contributed by atoms with Gasteiger partial charge in [0.2, 0.25) is 0 Å². The average Bonchev–Trinajstić information content (AvgIpc) is 2.45. The Kier molecular flexibility index (Phi) is 7.83. The lowest BCUT2D eigenvalue weighted by Gasteiger charge is -2.16. The second-order valence-corrected chi connectivity index (χ2v) is 6.76. The minimum absolute atomic E-state index is 0.431. The molecule has 0 aliphatic rings. The van der Waals surface area contributed by atoms with E-state index in [1.54, 1.807) is 0 Å². The fourth-order valence-electron chi connectivity index (χ4n) is 2.01. The predicted molar refractivity (Wildman–Crippen MR) is 85.2 cm³/mol. The van der Waals surface area contributed by atoms with Crippen LogP contribution in [0.25, 0.3) is 6.08 Å². The third kappa shape index (κ3) is 6.04. The summed E-state index contributed by atoms with van der Waals surface area (Å²) >= 11 is 0. The number of rotatable bonds is 10. The van der Waals surface area contributed by atoms with Gasteiger partial charge in [0.25, 0.3) is 0 Å². The zero-order valence-corrected chi connectivity index (χ0v) is 13.4. The highest BCUT2D eigenvalue weighted by Gasteiger charge is 2.22. The molecule has 1 aromatic rings. The molecule has 3 nitrogen and oxygen atoms in total. The van der Waals surface area contributed by atoms with Crippen LogP contribution in [-0.2, 0) is 20.0 Å². The van der Waals surface area contributed by atoms with Crippen molar-refractivity contribution in [3.8, 4) is 0 Å². The van der Waals surface area contributed by atoms with E-state index in [4.69, 9.17) is 9.05 Å². The van der Waals surface area contributed by atoms with Crippen molar-refractivity contribution in [2.75, 3.05) is 19.4 Å².